The number of nitrogens with one attached hydrogen (secondary N) is 1. The maximum Gasteiger partial charge on any atom is 0.246 e. The number of rotatable bonds is 12. The van der Waals surface area contributed by atoms with E-state index < -0.39 is 11.8 Å². The third-order valence-electron chi connectivity index (χ3n) is 5.07. The van der Waals surface area contributed by atoms with Gasteiger partial charge in [-0.05, 0) is 78.6 Å². The number of methoxy groups -OCH3 is 1. The molecule has 0 aliphatic carbocycles. The minimum Gasteiger partial charge on any atom is -0.377 e. The molecule has 6 nitrogen and oxygen atoms in total. The Labute approximate surface area is 185 Å². The van der Waals surface area contributed by atoms with Crippen molar-refractivity contribution in [1.29, 1.82) is 0 Å². The summed E-state index contributed by atoms with van der Waals surface area (Å²) in [6.45, 7) is 1.63. The second-order valence-electron chi connectivity index (χ2n) is 7.39. The smallest absolute Gasteiger partial charge is 0.246 e. The van der Waals surface area contributed by atoms with Gasteiger partial charge >= 0.3 is 0 Å². The molecule has 0 aliphatic rings. The zero-order valence-electron chi connectivity index (χ0n) is 17.4. The van der Waals surface area contributed by atoms with Gasteiger partial charge in [-0.2, -0.15) is 0 Å². The van der Waals surface area contributed by atoms with E-state index in [-0.39, 0.29) is 11.9 Å². The van der Waals surface area contributed by atoms with Crippen LogP contribution in [-0.2, 0) is 16.1 Å². The average Bonchev–Trinajstić information content (AvgIpc) is 2.75. The molecule has 0 unspecified atom stereocenters. The lowest BCUT2D eigenvalue weighted by atomic mass is 9.91. The molecule has 164 valence electrons. The SMILES string of the molecule is CO[C@H](C[C@H](CCCCN(C)Cc1ccc(Br)cn1)C(=O)NO)c1ccc(F)cc1. The van der Waals surface area contributed by atoms with Gasteiger partial charge < -0.3 is 9.64 Å². The number of carbonyl (C=O) groups is 1. The van der Waals surface area contributed by atoms with E-state index in [1.54, 1.807) is 30.9 Å². The number of halogens is 2. The van der Waals surface area contributed by atoms with E-state index >= 15 is 0 Å². The maximum absolute atomic E-state index is 13.2. The van der Waals surface area contributed by atoms with Crippen molar-refractivity contribution in [3.63, 3.8) is 0 Å². The van der Waals surface area contributed by atoms with Crippen LogP contribution in [0.4, 0.5) is 4.39 Å². The minimum atomic E-state index is -0.424. The van der Waals surface area contributed by atoms with Crippen LogP contribution in [0.3, 0.4) is 0 Å². The summed E-state index contributed by atoms with van der Waals surface area (Å²) in [5.41, 5.74) is 3.57. The first-order valence-corrected chi connectivity index (χ1v) is 10.7. The number of unbranched alkanes of at least 4 members (excludes halogenated alkanes) is 1. The van der Waals surface area contributed by atoms with Crippen molar-refractivity contribution in [3.05, 3.63) is 64.1 Å². The van der Waals surface area contributed by atoms with Crippen molar-refractivity contribution in [2.75, 3.05) is 20.7 Å². The normalized spacial score (nSPS) is 13.3. The number of hydroxylamine groups is 1. The number of aromatic nitrogens is 1. The molecule has 0 spiro atoms. The molecular formula is C22H29BrFN3O3. The van der Waals surface area contributed by atoms with Crippen molar-refractivity contribution in [2.45, 2.75) is 38.3 Å². The Bertz CT molecular complexity index is 774. The number of ether oxygens (including phenoxy) is 1. The molecule has 1 aromatic carbocycles. The fourth-order valence-corrected chi connectivity index (χ4v) is 3.61. The van der Waals surface area contributed by atoms with Gasteiger partial charge in [-0.1, -0.05) is 18.6 Å². The molecule has 30 heavy (non-hydrogen) atoms. The molecule has 1 aromatic heterocycles. The van der Waals surface area contributed by atoms with E-state index in [1.807, 2.05) is 19.2 Å². The molecule has 2 aromatic rings. The predicted molar refractivity (Wildman–Crippen MR) is 116 cm³/mol. The Morgan fingerprint density at radius 3 is 2.60 bits per heavy atom. The Morgan fingerprint density at radius 2 is 2.00 bits per heavy atom. The van der Waals surface area contributed by atoms with E-state index in [0.29, 0.717) is 12.8 Å². The molecule has 0 saturated heterocycles. The van der Waals surface area contributed by atoms with Crippen molar-refractivity contribution in [2.24, 2.45) is 5.92 Å². The molecule has 0 aliphatic heterocycles. The number of carbonyl (C=O) groups excluding carboxylic acids is 1. The summed E-state index contributed by atoms with van der Waals surface area (Å²) in [6.07, 6.45) is 4.21. The molecule has 1 heterocycles. The lowest BCUT2D eigenvalue weighted by molar-refractivity contribution is -0.135. The van der Waals surface area contributed by atoms with Gasteiger partial charge in [0.25, 0.3) is 0 Å². The zero-order valence-corrected chi connectivity index (χ0v) is 18.9. The van der Waals surface area contributed by atoms with Crippen molar-refractivity contribution < 1.29 is 19.1 Å². The monoisotopic (exact) mass is 481 g/mol. The number of amides is 1. The van der Waals surface area contributed by atoms with E-state index in [4.69, 9.17) is 9.94 Å². The van der Waals surface area contributed by atoms with Crippen LogP contribution >= 0.6 is 15.9 Å². The van der Waals surface area contributed by atoms with Gasteiger partial charge in [0.1, 0.15) is 5.82 Å². The van der Waals surface area contributed by atoms with E-state index in [1.165, 1.54) is 12.1 Å². The second-order valence-corrected chi connectivity index (χ2v) is 8.30. The molecular weight excluding hydrogens is 453 g/mol. The van der Waals surface area contributed by atoms with Gasteiger partial charge in [0.2, 0.25) is 5.91 Å². The number of benzene rings is 1. The van der Waals surface area contributed by atoms with Gasteiger partial charge in [-0.25, -0.2) is 9.87 Å². The molecule has 0 bridgehead atoms. The molecule has 0 saturated carbocycles. The highest BCUT2D eigenvalue weighted by molar-refractivity contribution is 9.10. The van der Waals surface area contributed by atoms with Gasteiger partial charge in [0.05, 0.1) is 11.8 Å². The minimum absolute atomic E-state index is 0.319. The Hall–Kier alpha value is -1.87. The van der Waals surface area contributed by atoms with Gasteiger partial charge in [-0.15, -0.1) is 0 Å². The van der Waals surface area contributed by atoms with Crippen LogP contribution in [0.25, 0.3) is 0 Å². The van der Waals surface area contributed by atoms with E-state index in [9.17, 15) is 9.18 Å². The molecule has 2 rings (SSSR count). The van der Waals surface area contributed by atoms with Crippen LogP contribution in [-0.4, -0.2) is 41.7 Å². The highest BCUT2D eigenvalue weighted by atomic mass is 79.9. The lowest BCUT2D eigenvalue weighted by Gasteiger charge is -2.22. The van der Waals surface area contributed by atoms with Crippen molar-refractivity contribution in [1.82, 2.24) is 15.4 Å². The number of nitrogens with zero attached hydrogens (tertiary/aromatic N) is 2. The molecule has 0 radical (unpaired) electrons. The topological polar surface area (TPSA) is 74.7 Å². The largest absolute Gasteiger partial charge is 0.377 e. The van der Waals surface area contributed by atoms with Crippen molar-refractivity contribution in [3.8, 4) is 0 Å². The zero-order chi connectivity index (χ0) is 21.9. The highest BCUT2D eigenvalue weighted by Crippen LogP contribution is 2.28. The lowest BCUT2D eigenvalue weighted by Crippen LogP contribution is -2.29. The van der Waals surface area contributed by atoms with Crippen LogP contribution < -0.4 is 5.48 Å². The van der Waals surface area contributed by atoms with Gasteiger partial charge in [0.15, 0.2) is 0 Å². The fraction of sp³-hybridized carbons (Fsp3) is 0.455. The van der Waals surface area contributed by atoms with Crippen LogP contribution in [0.1, 0.15) is 43.0 Å². The molecule has 0 fully saturated rings. The first kappa shape index (κ1) is 24.4. The van der Waals surface area contributed by atoms with Crippen LogP contribution in [0.2, 0.25) is 0 Å². The summed E-state index contributed by atoms with van der Waals surface area (Å²) >= 11 is 3.38. The summed E-state index contributed by atoms with van der Waals surface area (Å²) in [6, 6.07) is 10.0. The van der Waals surface area contributed by atoms with Gasteiger partial charge in [-0.3, -0.25) is 15.0 Å². The predicted octanol–water partition coefficient (Wildman–Crippen LogP) is 4.48. The van der Waals surface area contributed by atoms with Crippen molar-refractivity contribution >= 4 is 21.8 Å². The molecule has 2 N–H and O–H groups in total. The molecule has 8 heteroatoms. The average molecular weight is 482 g/mol. The Kier molecular flexibility index (Phi) is 10.4. The quantitative estimate of drug-likeness (QED) is 0.265. The van der Waals surface area contributed by atoms with Crippen LogP contribution in [0, 0.1) is 11.7 Å². The van der Waals surface area contributed by atoms with Crippen LogP contribution in [0.15, 0.2) is 47.1 Å². The summed E-state index contributed by atoms with van der Waals surface area (Å²) in [7, 11) is 3.60. The highest BCUT2D eigenvalue weighted by Gasteiger charge is 2.23. The summed E-state index contributed by atoms with van der Waals surface area (Å²) < 4.78 is 19.7. The third-order valence-corrected chi connectivity index (χ3v) is 5.54. The third kappa shape index (κ3) is 8.10. The Balaban J connectivity index is 1.83. The van der Waals surface area contributed by atoms with Crippen LogP contribution in [0.5, 0.6) is 0 Å². The first-order valence-electron chi connectivity index (χ1n) is 9.94. The number of hydrogen-bond donors (Lipinski definition) is 2. The number of pyridine rings is 1. The van der Waals surface area contributed by atoms with E-state index in [2.05, 4.69) is 25.8 Å². The molecule has 1 amide bonds. The Morgan fingerprint density at radius 1 is 1.27 bits per heavy atom. The fourth-order valence-electron chi connectivity index (χ4n) is 3.38. The first-order chi connectivity index (χ1) is 14.4. The summed E-state index contributed by atoms with van der Waals surface area (Å²) in [4.78, 5) is 18.7. The van der Waals surface area contributed by atoms with E-state index in [0.717, 1.165) is 41.7 Å². The second kappa shape index (κ2) is 12.7. The summed E-state index contributed by atoms with van der Waals surface area (Å²) in [5.74, 6) is -1.14. The maximum atomic E-state index is 13.2. The number of hydrogen-bond acceptors (Lipinski definition) is 5. The summed E-state index contributed by atoms with van der Waals surface area (Å²) in [5, 5.41) is 9.12. The van der Waals surface area contributed by atoms with Gasteiger partial charge in [0, 0.05) is 30.2 Å². The standard InChI is InChI=1S/C22H29BrFN3O3/c1-27(15-20-11-8-18(23)14-25-20)12-4-3-5-17(22(28)26-29)13-21(30-2)16-6-9-19(24)10-7-16/h6-11,14,17,21,29H,3-5,12-13,15H2,1-2H3,(H,26,28)/t17-,21+/m0/s1. The molecule has 2 atom stereocenters.